The monoisotopic (exact) mass is 235 g/mol. The maximum Gasteiger partial charge on any atom is 0.0831 e. The minimum atomic E-state index is 0.885. The number of benzene rings is 2. The van der Waals surface area contributed by atoms with Gasteiger partial charge in [0.15, 0.2) is 0 Å². The second-order valence-corrected chi connectivity index (χ2v) is 4.52. The Hall–Kier alpha value is -2.26. The molecule has 3 heteroatoms. The van der Waals surface area contributed by atoms with Crippen LogP contribution >= 0.6 is 0 Å². The van der Waals surface area contributed by atoms with Gasteiger partial charge in [-0.25, -0.2) is 5.43 Å². The number of fused-ring (bicyclic) bond motifs is 2. The summed E-state index contributed by atoms with van der Waals surface area (Å²) < 4.78 is 0. The largest absolute Gasteiger partial charge is 0.359 e. The molecule has 4 rings (SSSR count). The number of para-hydroxylation sites is 2. The van der Waals surface area contributed by atoms with Crippen molar-refractivity contribution >= 4 is 22.3 Å². The number of anilines is 2. The van der Waals surface area contributed by atoms with E-state index in [1.54, 1.807) is 0 Å². The SMILES string of the molecule is c1ccc2c(c1)CNN2c1c[nH]c2ccccc12. The number of hydrogen-bond acceptors (Lipinski definition) is 2. The van der Waals surface area contributed by atoms with Crippen LogP contribution in [0.4, 0.5) is 11.4 Å². The van der Waals surface area contributed by atoms with Crippen LogP contribution in [-0.2, 0) is 6.54 Å². The van der Waals surface area contributed by atoms with Gasteiger partial charge in [-0.15, -0.1) is 0 Å². The zero-order valence-electron chi connectivity index (χ0n) is 9.85. The maximum atomic E-state index is 3.43. The van der Waals surface area contributed by atoms with Crippen LogP contribution in [0.3, 0.4) is 0 Å². The average Bonchev–Trinajstić information content (AvgIpc) is 3.01. The van der Waals surface area contributed by atoms with Gasteiger partial charge in [0.05, 0.1) is 11.4 Å². The van der Waals surface area contributed by atoms with Gasteiger partial charge in [-0.3, -0.25) is 5.01 Å². The molecule has 2 heterocycles. The molecule has 3 aromatic rings. The minimum absolute atomic E-state index is 0.885. The van der Waals surface area contributed by atoms with E-state index >= 15 is 0 Å². The van der Waals surface area contributed by atoms with Crippen LogP contribution in [0.2, 0.25) is 0 Å². The Morgan fingerprint density at radius 1 is 0.889 bits per heavy atom. The molecule has 2 aromatic carbocycles. The molecule has 18 heavy (non-hydrogen) atoms. The minimum Gasteiger partial charge on any atom is -0.359 e. The Morgan fingerprint density at radius 2 is 1.72 bits per heavy atom. The zero-order chi connectivity index (χ0) is 11.9. The highest BCUT2D eigenvalue weighted by atomic mass is 15.5. The molecule has 1 aromatic heterocycles. The van der Waals surface area contributed by atoms with E-state index in [1.165, 1.54) is 27.8 Å². The lowest BCUT2D eigenvalue weighted by molar-refractivity contribution is 0.767. The van der Waals surface area contributed by atoms with Crippen molar-refractivity contribution in [1.29, 1.82) is 0 Å². The maximum absolute atomic E-state index is 3.43. The first-order valence-electron chi connectivity index (χ1n) is 6.11. The van der Waals surface area contributed by atoms with Crippen molar-refractivity contribution in [1.82, 2.24) is 10.4 Å². The number of H-pyrrole nitrogens is 1. The molecule has 0 bridgehead atoms. The summed E-state index contributed by atoms with van der Waals surface area (Å²) >= 11 is 0. The number of hydrogen-bond donors (Lipinski definition) is 2. The molecule has 0 unspecified atom stereocenters. The first kappa shape index (κ1) is 9.74. The quantitative estimate of drug-likeness (QED) is 0.678. The molecule has 1 aliphatic rings. The Morgan fingerprint density at radius 3 is 2.72 bits per heavy atom. The fourth-order valence-corrected chi connectivity index (χ4v) is 2.58. The molecule has 0 atom stereocenters. The fourth-order valence-electron chi connectivity index (χ4n) is 2.58. The summed E-state index contributed by atoms with van der Waals surface area (Å²) in [4.78, 5) is 3.31. The molecule has 0 aliphatic carbocycles. The van der Waals surface area contributed by atoms with E-state index in [4.69, 9.17) is 0 Å². The van der Waals surface area contributed by atoms with Crippen molar-refractivity contribution in [3.05, 3.63) is 60.3 Å². The molecule has 0 spiro atoms. The van der Waals surface area contributed by atoms with Crippen molar-refractivity contribution in [3.63, 3.8) is 0 Å². The molecule has 88 valence electrons. The molecular weight excluding hydrogens is 222 g/mol. The highest BCUT2D eigenvalue weighted by Gasteiger charge is 2.21. The van der Waals surface area contributed by atoms with Gasteiger partial charge >= 0.3 is 0 Å². The van der Waals surface area contributed by atoms with Crippen LogP contribution in [0.25, 0.3) is 10.9 Å². The molecule has 0 amide bonds. The Kier molecular flexibility index (Phi) is 1.96. The van der Waals surface area contributed by atoms with Crippen LogP contribution in [-0.4, -0.2) is 4.98 Å². The summed E-state index contributed by atoms with van der Waals surface area (Å²) in [5.41, 5.74) is 8.35. The zero-order valence-corrected chi connectivity index (χ0v) is 9.85. The molecule has 0 radical (unpaired) electrons. The van der Waals surface area contributed by atoms with E-state index in [0.29, 0.717) is 0 Å². The van der Waals surface area contributed by atoms with Crippen molar-refractivity contribution in [2.75, 3.05) is 5.01 Å². The molecular formula is C15H13N3. The predicted molar refractivity (Wildman–Crippen MR) is 73.7 cm³/mol. The van der Waals surface area contributed by atoms with Gasteiger partial charge in [-0.05, 0) is 17.7 Å². The topological polar surface area (TPSA) is 31.1 Å². The Labute approximate surface area is 105 Å². The smallest absolute Gasteiger partial charge is 0.0831 e. The van der Waals surface area contributed by atoms with Gasteiger partial charge in [0, 0.05) is 23.6 Å². The third-order valence-corrected chi connectivity index (χ3v) is 3.47. The summed E-state index contributed by atoms with van der Waals surface area (Å²) in [6.07, 6.45) is 2.06. The normalized spacial score (nSPS) is 14.1. The van der Waals surface area contributed by atoms with Crippen LogP contribution in [0.5, 0.6) is 0 Å². The van der Waals surface area contributed by atoms with E-state index in [2.05, 4.69) is 64.1 Å². The summed E-state index contributed by atoms with van der Waals surface area (Å²) in [5.74, 6) is 0. The predicted octanol–water partition coefficient (Wildman–Crippen LogP) is 3.32. The second-order valence-electron chi connectivity index (χ2n) is 4.52. The van der Waals surface area contributed by atoms with Gasteiger partial charge in [0.25, 0.3) is 0 Å². The summed E-state index contributed by atoms with van der Waals surface area (Å²) in [6.45, 7) is 0.885. The summed E-state index contributed by atoms with van der Waals surface area (Å²) in [7, 11) is 0. The third kappa shape index (κ3) is 1.28. The first-order chi connectivity index (χ1) is 8.93. The van der Waals surface area contributed by atoms with E-state index in [0.717, 1.165) is 6.54 Å². The lowest BCUT2D eigenvalue weighted by Gasteiger charge is -2.18. The van der Waals surface area contributed by atoms with Crippen LogP contribution in [0, 0.1) is 0 Å². The number of aromatic nitrogens is 1. The van der Waals surface area contributed by atoms with Crippen LogP contribution in [0.1, 0.15) is 5.56 Å². The first-order valence-corrected chi connectivity index (χ1v) is 6.11. The standard InChI is InChI=1S/C15H13N3/c1-4-8-14-11(5-1)9-17-18(14)15-10-16-13-7-3-2-6-12(13)15/h1-8,10,16-17H,9H2. The summed E-state index contributed by atoms with van der Waals surface area (Å²) in [6, 6.07) is 16.8. The lowest BCUT2D eigenvalue weighted by atomic mass is 10.2. The average molecular weight is 235 g/mol. The third-order valence-electron chi connectivity index (χ3n) is 3.47. The lowest BCUT2D eigenvalue weighted by Crippen LogP contribution is -2.26. The van der Waals surface area contributed by atoms with Gasteiger partial charge < -0.3 is 4.98 Å². The number of aromatic amines is 1. The molecule has 3 nitrogen and oxygen atoms in total. The van der Waals surface area contributed by atoms with Crippen LogP contribution in [0.15, 0.2) is 54.7 Å². The Bertz CT molecular complexity index is 714. The molecule has 0 saturated carbocycles. The highest BCUT2D eigenvalue weighted by Crippen LogP contribution is 2.35. The van der Waals surface area contributed by atoms with E-state index < -0.39 is 0 Å². The number of hydrazine groups is 1. The van der Waals surface area contributed by atoms with Gasteiger partial charge in [-0.2, -0.15) is 0 Å². The van der Waals surface area contributed by atoms with E-state index in [9.17, 15) is 0 Å². The van der Waals surface area contributed by atoms with E-state index in [-0.39, 0.29) is 0 Å². The molecule has 0 saturated heterocycles. The highest BCUT2D eigenvalue weighted by molar-refractivity contribution is 5.95. The van der Waals surface area contributed by atoms with Gasteiger partial charge in [0.1, 0.15) is 0 Å². The van der Waals surface area contributed by atoms with Gasteiger partial charge in [-0.1, -0.05) is 36.4 Å². The molecule has 2 N–H and O–H groups in total. The fraction of sp³-hybridized carbons (Fsp3) is 0.0667. The number of rotatable bonds is 1. The second kappa shape index (κ2) is 3.62. The van der Waals surface area contributed by atoms with Crippen LogP contribution < -0.4 is 10.4 Å². The Balaban J connectivity index is 1.90. The van der Waals surface area contributed by atoms with Crippen molar-refractivity contribution < 1.29 is 0 Å². The van der Waals surface area contributed by atoms with E-state index in [1.807, 2.05) is 6.07 Å². The number of nitrogens with zero attached hydrogens (tertiary/aromatic N) is 1. The molecule has 0 fully saturated rings. The molecule has 1 aliphatic heterocycles. The van der Waals surface area contributed by atoms with Crippen molar-refractivity contribution in [2.45, 2.75) is 6.54 Å². The summed E-state index contributed by atoms with van der Waals surface area (Å²) in [5, 5.41) is 3.40. The van der Waals surface area contributed by atoms with Crippen molar-refractivity contribution in [2.24, 2.45) is 0 Å². The van der Waals surface area contributed by atoms with Crippen molar-refractivity contribution in [3.8, 4) is 0 Å². The van der Waals surface area contributed by atoms with Gasteiger partial charge in [0.2, 0.25) is 0 Å². The number of nitrogens with one attached hydrogen (secondary N) is 2.